The molecule has 3 aromatic heterocycles. The fourth-order valence-corrected chi connectivity index (χ4v) is 3.20. The van der Waals surface area contributed by atoms with Gasteiger partial charge in [-0.2, -0.15) is 4.52 Å². The molecule has 5 rings (SSSR count). The van der Waals surface area contributed by atoms with E-state index in [2.05, 4.69) is 37.0 Å². The van der Waals surface area contributed by atoms with Gasteiger partial charge in [-0.25, -0.2) is 4.98 Å². The Morgan fingerprint density at radius 1 is 1.08 bits per heavy atom. The van der Waals surface area contributed by atoms with Crippen molar-refractivity contribution in [3.63, 3.8) is 0 Å². The molecule has 1 saturated heterocycles. The molecule has 0 aromatic carbocycles. The molecule has 2 fully saturated rings. The molecule has 0 amide bonds. The number of hydrogen-bond donors (Lipinski definition) is 0. The highest BCUT2D eigenvalue weighted by Gasteiger charge is 2.33. The normalized spacial score (nSPS) is 17.8. The standard InChI is InChI=1S/C17H20N8/c1-11-7-19-16(8-18-11)23(2)13-9-24(10-13)15-6-5-14-20-21-17(12-3-4-12)25(14)22-15/h5-8,12-13H,3-4,9-10H2,1-2H3. The van der Waals surface area contributed by atoms with Gasteiger partial charge in [0.15, 0.2) is 11.5 Å². The van der Waals surface area contributed by atoms with Crippen LogP contribution in [0.5, 0.6) is 0 Å². The minimum absolute atomic E-state index is 0.415. The summed E-state index contributed by atoms with van der Waals surface area (Å²) in [6.07, 6.45) is 6.03. The lowest BCUT2D eigenvalue weighted by Gasteiger charge is -2.44. The predicted molar refractivity (Wildman–Crippen MR) is 93.9 cm³/mol. The zero-order valence-corrected chi connectivity index (χ0v) is 14.4. The quantitative estimate of drug-likeness (QED) is 0.713. The van der Waals surface area contributed by atoms with Crippen LogP contribution in [0.3, 0.4) is 0 Å². The van der Waals surface area contributed by atoms with Gasteiger partial charge in [-0.15, -0.1) is 15.3 Å². The highest BCUT2D eigenvalue weighted by Crippen LogP contribution is 2.38. The van der Waals surface area contributed by atoms with E-state index >= 15 is 0 Å². The SMILES string of the molecule is Cc1cnc(N(C)C2CN(c3ccc4nnc(C5CC5)n4n3)C2)cn1. The first-order valence-electron chi connectivity index (χ1n) is 8.68. The Hall–Kier alpha value is -2.77. The van der Waals surface area contributed by atoms with Crippen molar-refractivity contribution in [1.29, 1.82) is 0 Å². The zero-order valence-electron chi connectivity index (χ0n) is 14.4. The number of aryl methyl sites for hydroxylation is 1. The first-order chi connectivity index (χ1) is 12.2. The van der Waals surface area contributed by atoms with Gasteiger partial charge in [-0.3, -0.25) is 4.98 Å². The molecule has 0 spiro atoms. The van der Waals surface area contributed by atoms with E-state index in [9.17, 15) is 0 Å². The van der Waals surface area contributed by atoms with E-state index in [-0.39, 0.29) is 0 Å². The molecule has 0 unspecified atom stereocenters. The first-order valence-corrected chi connectivity index (χ1v) is 8.68. The molecular weight excluding hydrogens is 316 g/mol. The number of anilines is 2. The van der Waals surface area contributed by atoms with Gasteiger partial charge < -0.3 is 9.80 Å². The third-order valence-corrected chi connectivity index (χ3v) is 5.08. The lowest BCUT2D eigenvalue weighted by Crippen LogP contribution is -2.59. The highest BCUT2D eigenvalue weighted by atomic mass is 15.4. The summed E-state index contributed by atoms with van der Waals surface area (Å²) in [7, 11) is 2.07. The van der Waals surface area contributed by atoms with E-state index in [4.69, 9.17) is 5.10 Å². The summed E-state index contributed by atoms with van der Waals surface area (Å²) in [5.74, 6) is 3.43. The summed E-state index contributed by atoms with van der Waals surface area (Å²) in [6, 6.07) is 4.45. The molecule has 0 bridgehead atoms. The Kier molecular flexibility index (Phi) is 3.13. The van der Waals surface area contributed by atoms with E-state index in [1.807, 2.05) is 36.0 Å². The van der Waals surface area contributed by atoms with Crippen molar-refractivity contribution in [2.75, 3.05) is 29.9 Å². The number of nitrogens with zero attached hydrogens (tertiary/aromatic N) is 8. The number of likely N-dealkylation sites (N-methyl/N-ethyl adjacent to an activating group) is 1. The molecule has 3 aromatic rings. The van der Waals surface area contributed by atoms with Crippen LogP contribution < -0.4 is 9.80 Å². The second kappa shape index (κ2) is 5.37. The summed E-state index contributed by atoms with van der Waals surface area (Å²) < 4.78 is 1.91. The van der Waals surface area contributed by atoms with Gasteiger partial charge in [-0.05, 0) is 31.9 Å². The summed E-state index contributed by atoms with van der Waals surface area (Å²) in [5.41, 5.74) is 1.76. The molecular formula is C17H20N8. The van der Waals surface area contributed by atoms with Crippen LogP contribution in [0.15, 0.2) is 24.5 Å². The van der Waals surface area contributed by atoms with E-state index in [1.165, 1.54) is 12.8 Å². The average molecular weight is 336 g/mol. The van der Waals surface area contributed by atoms with Gasteiger partial charge in [-0.1, -0.05) is 0 Å². The first kappa shape index (κ1) is 14.6. The van der Waals surface area contributed by atoms with Crippen LogP contribution in [-0.4, -0.2) is 56.0 Å². The Labute approximate surface area is 145 Å². The van der Waals surface area contributed by atoms with Crippen LogP contribution in [0.4, 0.5) is 11.6 Å². The maximum absolute atomic E-state index is 4.77. The van der Waals surface area contributed by atoms with E-state index in [0.29, 0.717) is 12.0 Å². The fraction of sp³-hybridized carbons (Fsp3) is 0.471. The van der Waals surface area contributed by atoms with Gasteiger partial charge in [0, 0.05) is 26.1 Å². The highest BCUT2D eigenvalue weighted by molar-refractivity contribution is 5.50. The van der Waals surface area contributed by atoms with Gasteiger partial charge in [0.2, 0.25) is 0 Å². The lowest BCUT2D eigenvalue weighted by molar-refractivity contribution is 0.486. The van der Waals surface area contributed by atoms with Crippen molar-refractivity contribution in [3.8, 4) is 0 Å². The van der Waals surface area contributed by atoms with Crippen LogP contribution in [-0.2, 0) is 0 Å². The second-order valence-electron chi connectivity index (χ2n) is 6.98. The molecule has 1 saturated carbocycles. The third kappa shape index (κ3) is 2.48. The Bertz CT molecular complexity index is 908. The summed E-state index contributed by atoms with van der Waals surface area (Å²) in [5, 5.41) is 13.3. The molecule has 0 N–H and O–H groups in total. The smallest absolute Gasteiger partial charge is 0.178 e. The van der Waals surface area contributed by atoms with Crippen LogP contribution in [0, 0.1) is 6.92 Å². The average Bonchev–Trinajstić information content (AvgIpc) is 3.33. The van der Waals surface area contributed by atoms with Crippen molar-refractivity contribution in [2.45, 2.75) is 31.7 Å². The van der Waals surface area contributed by atoms with Crippen LogP contribution in [0.25, 0.3) is 5.65 Å². The molecule has 4 heterocycles. The zero-order chi connectivity index (χ0) is 17.0. The van der Waals surface area contributed by atoms with Gasteiger partial charge in [0.25, 0.3) is 0 Å². The number of hydrogen-bond acceptors (Lipinski definition) is 7. The second-order valence-corrected chi connectivity index (χ2v) is 6.98. The van der Waals surface area contributed by atoms with Crippen molar-refractivity contribution < 1.29 is 0 Å². The lowest BCUT2D eigenvalue weighted by atomic mass is 10.1. The maximum atomic E-state index is 4.77. The Morgan fingerprint density at radius 3 is 2.64 bits per heavy atom. The van der Waals surface area contributed by atoms with Gasteiger partial charge in [0.1, 0.15) is 11.6 Å². The van der Waals surface area contributed by atoms with Crippen molar-refractivity contribution in [2.24, 2.45) is 0 Å². The van der Waals surface area contributed by atoms with Crippen LogP contribution in [0.2, 0.25) is 0 Å². The third-order valence-electron chi connectivity index (χ3n) is 5.08. The maximum Gasteiger partial charge on any atom is 0.178 e. The molecule has 1 aliphatic carbocycles. The van der Waals surface area contributed by atoms with Gasteiger partial charge >= 0.3 is 0 Å². The van der Waals surface area contributed by atoms with E-state index in [0.717, 1.165) is 41.9 Å². The van der Waals surface area contributed by atoms with E-state index < -0.39 is 0 Å². The molecule has 8 nitrogen and oxygen atoms in total. The Morgan fingerprint density at radius 2 is 1.92 bits per heavy atom. The minimum atomic E-state index is 0.415. The number of aromatic nitrogens is 6. The summed E-state index contributed by atoms with van der Waals surface area (Å²) in [4.78, 5) is 13.3. The summed E-state index contributed by atoms with van der Waals surface area (Å²) in [6.45, 7) is 3.79. The predicted octanol–water partition coefficient (Wildman–Crippen LogP) is 1.43. The van der Waals surface area contributed by atoms with Gasteiger partial charge in [0.05, 0.1) is 24.1 Å². The molecule has 25 heavy (non-hydrogen) atoms. The molecule has 2 aliphatic rings. The van der Waals surface area contributed by atoms with Crippen molar-refractivity contribution in [3.05, 3.63) is 36.0 Å². The molecule has 8 heteroatoms. The molecule has 128 valence electrons. The number of fused-ring (bicyclic) bond motifs is 1. The molecule has 0 radical (unpaired) electrons. The van der Waals surface area contributed by atoms with Crippen molar-refractivity contribution in [1.82, 2.24) is 29.8 Å². The largest absolute Gasteiger partial charge is 0.352 e. The minimum Gasteiger partial charge on any atom is -0.352 e. The summed E-state index contributed by atoms with van der Waals surface area (Å²) >= 11 is 0. The monoisotopic (exact) mass is 336 g/mol. The molecule has 1 aliphatic heterocycles. The van der Waals surface area contributed by atoms with Crippen LogP contribution >= 0.6 is 0 Å². The number of rotatable bonds is 4. The topological polar surface area (TPSA) is 75.3 Å². The molecule has 0 atom stereocenters. The van der Waals surface area contributed by atoms with Crippen LogP contribution in [0.1, 0.15) is 30.3 Å². The fourth-order valence-electron chi connectivity index (χ4n) is 3.20. The Balaban J connectivity index is 1.32. The van der Waals surface area contributed by atoms with Crippen molar-refractivity contribution >= 4 is 17.3 Å². The van der Waals surface area contributed by atoms with E-state index in [1.54, 1.807) is 0 Å².